The van der Waals surface area contributed by atoms with E-state index in [1.807, 2.05) is 18.2 Å². The van der Waals surface area contributed by atoms with Gasteiger partial charge in [-0.2, -0.15) is 0 Å². The molecule has 1 aromatic carbocycles. The van der Waals surface area contributed by atoms with E-state index in [0.29, 0.717) is 0 Å². The molecule has 0 nitrogen and oxygen atoms in total. The molecule has 0 fully saturated rings. The van der Waals surface area contributed by atoms with E-state index in [2.05, 4.69) is 29.8 Å². The summed E-state index contributed by atoms with van der Waals surface area (Å²) in [6.45, 7) is 4.13. The largest absolute Gasteiger partial charge is 0.0843 e. The van der Waals surface area contributed by atoms with Gasteiger partial charge in [0.2, 0.25) is 0 Å². The van der Waals surface area contributed by atoms with Crippen LogP contribution in [0.5, 0.6) is 0 Å². The maximum Gasteiger partial charge on any atom is 0.0409 e. The van der Waals surface area contributed by atoms with Crippen LogP contribution in [0.25, 0.3) is 0 Å². The SMILES string of the molecule is C[C](C)c1cc(Cl)ccc1Br. The van der Waals surface area contributed by atoms with Gasteiger partial charge in [-0.15, -0.1) is 0 Å². The second kappa shape index (κ2) is 3.59. The van der Waals surface area contributed by atoms with Crippen molar-refractivity contribution >= 4 is 27.5 Å². The maximum atomic E-state index is 5.83. The van der Waals surface area contributed by atoms with E-state index >= 15 is 0 Å². The van der Waals surface area contributed by atoms with Gasteiger partial charge in [-0.05, 0) is 23.8 Å². The van der Waals surface area contributed by atoms with Crippen LogP contribution < -0.4 is 0 Å². The van der Waals surface area contributed by atoms with E-state index in [-0.39, 0.29) is 0 Å². The van der Waals surface area contributed by atoms with Gasteiger partial charge in [0.1, 0.15) is 0 Å². The Hall–Kier alpha value is -0.0100. The summed E-state index contributed by atoms with van der Waals surface area (Å²) in [5.41, 5.74) is 1.18. The number of hydrogen-bond acceptors (Lipinski definition) is 0. The summed E-state index contributed by atoms with van der Waals surface area (Å²) < 4.78 is 1.10. The van der Waals surface area contributed by atoms with Crippen molar-refractivity contribution in [2.45, 2.75) is 13.8 Å². The summed E-state index contributed by atoms with van der Waals surface area (Å²) in [7, 11) is 0. The molecular weight excluding hydrogens is 223 g/mol. The third kappa shape index (κ3) is 2.21. The molecule has 1 aromatic rings. The standard InChI is InChI=1S/C9H9BrCl/c1-6(2)8-5-7(11)3-4-9(8)10/h3-5H,1-2H3. The summed E-state index contributed by atoms with van der Waals surface area (Å²) in [6, 6.07) is 5.80. The molecule has 1 radical (unpaired) electrons. The third-order valence-electron chi connectivity index (χ3n) is 1.47. The predicted molar refractivity (Wildman–Crippen MR) is 52.8 cm³/mol. The Kier molecular flexibility index (Phi) is 2.97. The lowest BCUT2D eigenvalue weighted by molar-refractivity contribution is 1.14. The number of halogens is 2. The van der Waals surface area contributed by atoms with Gasteiger partial charge in [0.15, 0.2) is 0 Å². The van der Waals surface area contributed by atoms with Crippen LogP contribution in [0.3, 0.4) is 0 Å². The topological polar surface area (TPSA) is 0 Å². The van der Waals surface area contributed by atoms with Crippen molar-refractivity contribution in [3.63, 3.8) is 0 Å². The van der Waals surface area contributed by atoms with Crippen LogP contribution in [0.4, 0.5) is 0 Å². The van der Waals surface area contributed by atoms with Gasteiger partial charge >= 0.3 is 0 Å². The van der Waals surface area contributed by atoms with Crippen LogP contribution in [0.15, 0.2) is 22.7 Å². The zero-order chi connectivity index (χ0) is 8.43. The van der Waals surface area contributed by atoms with E-state index in [0.717, 1.165) is 9.50 Å². The fourth-order valence-electron chi connectivity index (χ4n) is 0.881. The molecule has 0 aromatic heterocycles. The number of benzene rings is 1. The van der Waals surface area contributed by atoms with Crippen LogP contribution in [0, 0.1) is 5.92 Å². The first-order valence-corrected chi connectivity index (χ1v) is 4.54. The minimum absolute atomic E-state index is 0.782. The van der Waals surface area contributed by atoms with E-state index in [9.17, 15) is 0 Å². The quantitative estimate of drug-likeness (QED) is 0.685. The minimum atomic E-state index is 0.782. The molecule has 0 spiro atoms. The molecule has 0 heterocycles. The van der Waals surface area contributed by atoms with Gasteiger partial charge in [-0.3, -0.25) is 0 Å². The van der Waals surface area contributed by atoms with Crippen LogP contribution in [0.1, 0.15) is 19.4 Å². The zero-order valence-corrected chi connectivity index (χ0v) is 8.83. The highest BCUT2D eigenvalue weighted by molar-refractivity contribution is 9.10. The molecule has 1 rings (SSSR count). The Bertz CT molecular complexity index is 256. The lowest BCUT2D eigenvalue weighted by atomic mass is 10.0. The Labute approximate surface area is 80.7 Å². The van der Waals surface area contributed by atoms with Gasteiger partial charge in [0.05, 0.1) is 0 Å². The van der Waals surface area contributed by atoms with Gasteiger partial charge in [0, 0.05) is 15.4 Å². The van der Waals surface area contributed by atoms with Crippen molar-refractivity contribution in [3.05, 3.63) is 39.2 Å². The van der Waals surface area contributed by atoms with Crippen molar-refractivity contribution in [1.82, 2.24) is 0 Å². The highest BCUT2D eigenvalue weighted by Gasteiger charge is 2.04. The molecule has 0 unspecified atom stereocenters. The molecule has 0 amide bonds. The predicted octanol–water partition coefficient (Wildman–Crippen LogP) is 4.06. The first-order valence-electron chi connectivity index (χ1n) is 3.37. The summed E-state index contributed by atoms with van der Waals surface area (Å²) in [5, 5.41) is 0.782. The molecule has 0 saturated heterocycles. The van der Waals surface area contributed by atoms with Crippen molar-refractivity contribution in [1.29, 1.82) is 0 Å². The Morgan fingerprint density at radius 3 is 2.45 bits per heavy atom. The van der Waals surface area contributed by atoms with E-state index in [4.69, 9.17) is 11.6 Å². The smallest absolute Gasteiger partial charge is 0.0409 e. The lowest BCUT2D eigenvalue weighted by Crippen LogP contribution is -1.88. The molecule has 0 aliphatic heterocycles. The van der Waals surface area contributed by atoms with Gasteiger partial charge in [0.25, 0.3) is 0 Å². The van der Waals surface area contributed by atoms with Crippen molar-refractivity contribution in [2.75, 3.05) is 0 Å². The molecule has 0 bridgehead atoms. The first kappa shape index (κ1) is 9.08. The minimum Gasteiger partial charge on any atom is -0.0843 e. The summed E-state index contributed by atoms with van der Waals surface area (Å²) in [4.78, 5) is 0. The van der Waals surface area contributed by atoms with Crippen molar-refractivity contribution in [2.24, 2.45) is 0 Å². The second-order valence-electron chi connectivity index (χ2n) is 2.62. The van der Waals surface area contributed by atoms with E-state index in [1.54, 1.807) is 0 Å². The zero-order valence-electron chi connectivity index (χ0n) is 6.49. The molecular formula is C9H9BrCl. The molecule has 0 aliphatic carbocycles. The van der Waals surface area contributed by atoms with Gasteiger partial charge in [-0.25, -0.2) is 0 Å². The molecule has 59 valence electrons. The summed E-state index contributed by atoms with van der Waals surface area (Å²) in [5.74, 6) is 1.26. The van der Waals surface area contributed by atoms with Gasteiger partial charge in [-0.1, -0.05) is 41.4 Å². The molecule has 2 heteroatoms. The van der Waals surface area contributed by atoms with Crippen LogP contribution in [-0.4, -0.2) is 0 Å². The average molecular weight is 233 g/mol. The monoisotopic (exact) mass is 231 g/mol. The molecule has 0 saturated carbocycles. The fourth-order valence-corrected chi connectivity index (χ4v) is 1.70. The van der Waals surface area contributed by atoms with Crippen LogP contribution in [0.2, 0.25) is 5.02 Å². The van der Waals surface area contributed by atoms with Crippen LogP contribution in [-0.2, 0) is 0 Å². The maximum absolute atomic E-state index is 5.83. The number of rotatable bonds is 1. The van der Waals surface area contributed by atoms with E-state index < -0.39 is 0 Å². The normalized spacial score (nSPS) is 10.6. The third-order valence-corrected chi connectivity index (χ3v) is 2.39. The lowest BCUT2D eigenvalue weighted by Gasteiger charge is -2.07. The highest BCUT2D eigenvalue weighted by atomic mass is 79.9. The summed E-state index contributed by atoms with van der Waals surface area (Å²) in [6.07, 6.45) is 0. The fraction of sp³-hybridized carbons (Fsp3) is 0.222. The van der Waals surface area contributed by atoms with E-state index in [1.165, 1.54) is 11.5 Å². The number of hydrogen-bond donors (Lipinski definition) is 0. The van der Waals surface area contributed by atoms with Gasteiger partial charge < -0.3 is 0 Å². The average Bonchev–Trinajstić information content (AvgIpc) is 1.94. The molecule has 0 N–H and O–H groups in total. The molecule has 0 atom stereocenters. The summed E-state index contributed by atoms with van der Waals surface area (Å²) >= 11 is 9.28. The van der Waals surface area contributed by atoms with Crippen molar-refractivity contribution < 1.29 is 0 Å². The first-order chi connectivity index (χ1) is 5.11. The van der Waals surface area contributed by atoms with Crippen molar-refractivity contribution in [3.8, 4) is 0 Å². The second-order valence-corrected chi connectivity index (χ2v) is 3.91. The highest BCUT2D eigenvalue weighted by Crippen LogP contribution is 2.26. The van der Waals surface area contributed by atoms with Crippen LogP contribution >= 0.6 is 27.5 Å². The molecule has 0 aliphatic rings. The Morgan fingerprint density at radius 1 is 1.36 bits per heavy atom. The molecule has 11 heavy (non-hydrogen) atoms. The Balaban J connectivity index is 3.13. The Morgan fingerprint density at radius 2 is 2.00 bits per heavy atom.